The maximum atomic E-state index is 12.7. The van der Waals surface area contributed by atoms with Crippen LogP contribution in [0.4, 0.5) is 5.69 Å². The molecule has 0 spiro atoms. The van der Waals surface area contributed by atoms with E-state index in [9.17, 15) is 14.4 Å². The second kappa shape index (κ2) is 7.65. The monoisotopic (exact) mass is 369 g/mol. The lowest BCUT2D eigenvalue weighted by molar-refractivity contribution is -0.114. The van der Waals surface area contributed by atoms with E-state index in [2.05, 4.69) is 5.32 Å². The fourth-order valence-corrected chi connectivity index (χ4v) is 3.09. The summed E-state index contributed by atoms with van der Waals surface area (Å²) >= 11 is 0. The van der Waals surface area contributed by atoms with Crippen LogP contribution in [0, 0.1) is 6.92 Å². The molecule has 27 heavy (non-hydrogen) atoms. The predicted molar refractivity (Wildman–Crippen MR) is 102 cm³/mol. The van der Waals surface area contributed by atoms with Crippen molar-refractivity contribution >= 4 is 17.5 Å². The van der Waals surface area contributed by atoms with Crippen molar-refractivity contribution in [1.29, 1.82) is 0 Å². The van der Waals surface area contributed by atoms with E-state index in [0.29, 0.717) is 36.5 Å². The largest absolute Gasteiger partial charge is 0.488 e. The molecule has 0 aliphatic carbocycles. The molecule has 2 aromatic rings. The van der Waals surface area contributed by atoms with Gasteiger partial charge in [-0.05, 0) is 37.3 Å². The number of aromatic nitrogens is 1. The molecule has 1 atom stereocenters. The first kappa shape index (κ1) is 18.7. The van der Waals surface area contributed by atoms with E-state index in [1.807, 2.05) is 13.0 Å². The summed E-state index contributed by atoms with van der Waals surface area (Å²) in [5, 5.41) is 2.68. The molecule has 2 heterocycles. The summed E-state index contributed by atoms with van der Waals surface area (Å²) in [6, 6.07) is 10.1. The van der Waals surface area contributed by atoms with Gasteiger partial charge >= 0.3 is 0 Å². The van der Waals surface area contributed by atoms with Crippen LogP contribution in [0.1, 0.15) is 29.4 Å². The van der Waals surface area contributed by atoms with E-state index >= 15 is 0 Å². The molecule has 1 aromatic heterocycles. The Morgan fingerprint density at radius 2 is 1.89 bits per heavy atom. The smallest absolute Gasteiger partial charge is 0.254 e. The minimum atomic E-state index is -0.153. The molecule has 0 radical (unpaired) electrons. The lowest BCUT2D eigenvalue weighted by atomic mass is 10.2. The van der Waals surface area contributed by atoms with Gasteiger partial charge in [-0.15, -0.1) is 0 Å². The first-order chi connectivity index (χ1) is 12.8. The van der Waals surface area contributed by atoms with Gasteiger partial charge in [-0.2, -0.15) is 0 Å². The molecule has 1 aromatic carbocycles. The van der Waals surface area contributed by atoms with Gasteiger partial charge < -0.3 is 19.5 Å². The summed E-state index contributed by atoms with van der Waals surface area (Å²) in [6.45, 7) is 4.36. The normalized spacial score (nSPS) is 16.3. The standard InChI is InChI=1S/C20H23N3O4/c1-13-10-18(11-19(25)22(13)3)27-17-8-9-23(12-17)20(26)15-4-6-16(7-5-15)21-14(2)24/h4-7,10-11,17H,8-9,12H2,1-3H3,(H,21,24). The van der Waals surface area contributed by atoms with Gasteiger partial charge in [-0.25, -0.2) is 0 Å². The van der Waals surface area contributed by atoms with Gasteiger partial charge in [0.2, 0.25) is 5.91 Å². The zero-order valence-corrected chi connectivity index (χ0v) is 15.7. The number of hydrogen-bond acceptors (Lipinski definition) is 4. The highest BCUT2D eigenvalue weighted by atomic mass is 16.5. The minimum absolute atomic E-state index is 0.0735. The summed E-state index contributed by atoms with van der Waals surface area (Å²) < 4.78 is 7.47. The van der Waals surface area contributed by atoms with Gasteiger partial charge in [0.25, 0.3) is 11.5 Å². The van der Waals surface area contributed by atoms with Crippen molar-refractivity contribution in [3.8, 4) is 5.75 Å². The molecule has 1 aliphatic heterocycles. The van der Waals surface area contributed by atoms with Gasteiger partial charge in [0, 0.05) is 49.9 Å². The quantitative estimate of drug-likeness (QED) is 0.893. The number of likely N-dealkylation sites (tertiary alicyclic amines) is 1. The van der Waals surface area contributed by atoms with E-state index in [1.165, 1.54) is 13.0 Å². The van der Waals surface area contributed by atoms with E-state index < -0.39 is 0 Å². The van der Waals surface area contributed by atoms with Crippen molar-refractivity contribution < 1.29 is 14.3 Å². The molecule has 1 saturated heterocycles. The van der Waals surface area contributed by atoms with Crippen molar-refractivity contribution in [1.82, 2.24) is 9.47 Å². The molecule has 142 valence electrons. The van der Waals surface area contributed by atoms with Gasteiger partial charge in [-0.1, -0.05) is 0 Å². The second-order valence-corrected chi connectivity index (χ2v) is 6.77. The summed E-state index contributed by atoms with van der Waals surface area (Å²) in [4.78, 5) is 37.3. The first-order valence-electron chi connectivity index (χ1n) is 8.85. The number of carbonyl (C=O) groups excluding carboxylic acids is 2. The Kier molecular flexibility index (Phi) is 5.30. The average Bonchev–Trinajstić information content (AvgIpc) is 3.07. The maximum Gasteiger partial charge on any atom is 0.254 e. The number of nitrogens with one attached hydrogen (secondary N) is 1. The van der Waals surface area contributed by atoms with Crippen molar-refractivity contribution in [2.75, 3.05) is 18.4 Å². The topological polar surface area (TPSA) is 80.6 Å². The van der Waals surface area contributed by atoms with Crippen LogP contribution in [0.15, 0.2) is 41.2 Å². The fraction of sp³-hybridized carbons (Fsp3) is 0.350. The summed E-state index contributed by atoms with van der Waals surface area (Å²) in [7, 11) is 1.72. The van der Waals surface area contributed by atoms with Crippen LogP contribution >= 0.6 is 0 Å². The zero-order valence-electron chi connectivity index (χ0n) is 15.7. The van der Waals surface area contributed by atoms with E-state index in [4.69, 9.17) is 4.74 Å². The van der Waals surface area contributed by atoms with Crippen molar-refractivity contribution in [3.63, 3.8) is 0 Å². The molecule has 3 rings (SSSR count). The molecule has 1 N–H and O–H groups in total. The molecule has 1 aliphatic rings. The summed E-state index contributed by atoms with van der Waals surface area (Å²) in [5.74, 6) is 0.310. The highest BCUT2D eigenvalue weighted by molar-refractivity contribution is 5.95. The molecule has 0 bridgehead atoms. The highest BCUT2D eigenvalue weighted by Gasteiger charge is 2.28. The lowest BCUT2D eigenvalue weighted by Crippen LogP contribution is -2.31. The summed E-state index contributed by atoms with van der Waals surface area (Å²) in [5.41, 5.74) is 1.93. The fourth-order valence-electron chi connectivity index (χ4n) is 3.09. The third kappa shape index (κ3) is 4.36. The molecular formula is C20H23N3O4. The van der Waals surface area contributed by atoms with E-state index in [0.717, 1.165) is 5.69 Å². The SMILES string of the molecule is CC(=O)Nc1ccc(C(=O)N2CCC(Oc3cc(C)n(C)c(=O)c3)C2)cc1. The van der Waals surface area contributed by atoms with Crippen LogP contribution in [0.25, 0.3) is 0 Å². The molecule has 1 fully saturated rings. The number of anilines is 1. The van der Waals surface area contributed by atoms with Crippen molar-refractivity contribution in [2.45, 2.75) is 26.4 Å². The van der Waals surface area contributed by atoms with Crippen LogP contribution < -0.4 is 15.6 Å². The molecule has 7 heteroatoms. The van der Waals surface area contributed by atoms with Gasteiger partial charge in [0.1, 0.15) is 11.9 Å². The number of pyridine rings is 1. The molecular weight excluding hydrogens is 346 g/mol. The van der Waals surface area contributed by atoms with Gasteiger partial charge in [-0.3, -0.25) is 14.4 Å². The lowest BCUT2D eigenvalue weighted by Gasteiger charge is -2.18. The molecule has 0 saturated carbocycles. The molecule has 7 nitrogen and oxygen atoms in total. The number of amides is 2. The van der Waals surface area contributed by atoms with Crippen LogP contribution in [-0.2, 0) is 11.8 Å². The Balaban J connectivity index is 1.62. The van der Waals surface area contributed by atoms with Crippen molar-refractivity contribution in [3.05, 3.63) is 58.0 Å². The third-order valence-electron chi connectivity index (χ3n) is 4.66. The minimum Gasteiger partial charge on any atom is -0.488 e. The number of nitrogens with zero attached hydrogens (tertiary/aromatic N) is 2. The van der Waals surface area contributed by atoms with Gasteiger partial charge in [0.05, 0.1) is 6.54 Å². The highest BCUT2D eigenvalue weighted by Crippen LogP contribution is 2.20. The predicted octanol–water partition coefficient (Wildman–Crippen LogP) is 1.95. The Morgan fingerprint density at radius 1 is 1.19 bits per heavy atom. The number of hydrogen-bond donors (Lipinski definition) is 1. The van der Waals surface area contributed by atoms with Crippen LogP contribution in [0.5, 0.6) is 5.75 Å². The number of rotatable bonds is 4. The summed E-state index contributed by atoms with van der Waals surface area (Å²) in [6.07, 6.45) is 0.573. The third-order valence-corrected chi connectivity index (χ3v) is 4.66. The first-order valence-corrected chi connectivity index (χ1v) is 8.85. The van der Waals surface area contributed by atoms with Crippen LogP contribution in [-0.4, -0.2) is 40.5 Å². The van der Waals surface area contributed by atoms with Crippen LogP contribution in [0.2, 0.25) is 0 Å². The number of carbonyl (C=O) groups is 2. The second-order valence-electron chi connectivity index (χ2n) is 6.77. The molecule has 2 amide bonds. The maximum absolute atomic E-state index is 12.7. The van der Waals surface area contributed by atoms with Crippen molar-refractivity contribution in [2.24, 2.45) is 7.05 Å². The van der Waals surface area contributed by atoms with E-state index in [-0.39, 0.29) is 23.5 Å². The number of aryl methyl sites for hydroxylation is 1. The van der Waals surface area contributed by atoms with Gasteiger partial charge in [0.15, 0.2) is 0 Å². The molecule has 1 unspecified atom stereocenters. The number of ether oxygens (including phenoxy) is 1. The zero-order chi connectivity index (χ0) is 19.6. The number of benzene rings is 1. The average molecular weight is 369 g/mol. The Hall–Kier alpha value is -3.09. The van der Waals surface area contributed by atoms with Crippen LogP contribution in [0.3, 0.4) is 0 Å². The Labute approximate surface area is 157 Å². The Bertz CT molecular complexity index is 918. The van der Waals surface area contributed by atoms with E-state index in [1.54, 1.807) is 40.8 Å². The Morgan fingerprint density at radius 3 is 2.52 bits per heavy atom.